The second-order valence-electron chi connectivity index (χ2n) is 4.69. The second kappa shape index (κ2) is 4.96. The van der Waals surface area contributed by atoms with E-state index in [-0.39, 0.29) is 5.69 Å². The number of hydrogen-bond acceptors (Lipinski definition) is 2. The molecule has 20 heavy (non-hydrogen) atoms. The molecule has 3 aromatic rings. The van der Waals surface area contributed by atoms with Crippen molar-refractivity contribution in [2.24, 2.45) is 0 Å². The summed E-state index contributed by atoms with van der Waals surface area (Å²) < 4.78 is 32.6. The molecule has 0 bridgehead atoms. The number of aryl methyl sites for hydroxylation is 1. The first-order valence-electron chi connectivity index (χ1n) is 6.30. The summed E-state index contributed by atoms with van der Waals surface area (Å²) in [6.45, 7) is 1.90. The van der Waals surface area contributed by atoms with E-state index >= 15 is 0 Å². The van der Waals surface area contributed by atoms with Crippen LogP contribution < -0.4 is 5.32 Å². The van der Waals surface area contributed by atoms with Crippen molar-refractivity contribution in [3.63, 3.8) is 0 Å². The fraction of sp³-hybridized carbons (Fsp3) is 0.125. The largest absolute Gasteiger partial charge is 0.464 e. The number of rotatable bonds is 3. The van der Waals surface area contributed by atoms with Gasteiger partial charge in [-0.1, -0.05) is 18.2 Å². The Morgan fingerprint density at radius 1 is 1.10 bits per heavy atom. The SMILES string of the molecule is Cc1cc(F)c(NCc2coc3ccccc23)cc1F. The van der Waals surface area contributed by atoms with E-state index in [1.165, 1.54) is 19.1 Å². The standard InChI is InChI=1S/C16H13F2NO/c1-10-6-14(18)15(7-13(10)17)19-8-11-9-20-16-5-3-2-4-12(11)16/h2-7,9,19H,8H2,1H3. The lowest BCUT2D eigenvalue weighted by atomic mass is 10.1. The minimum Gasteiger partial charge on any atom is -0.464 e. The summed E-state index contributed by atoms with van der Waals surface area (Å²) in [4.78, 5) is 0. The molecule has 0 aliphatic rings. The Bertz CT molecular complexity index is 764. The zero-order valence-corrected chi connectivity index (χ0v) is 10.9. The predicted molar refractivity (Wildman–Crippen MR) is 74.6 cm³/mol. The average molecular weight is 273 g/mol. The highest BCUT2D eigenvalue weighted by atomic mass is 19.1. The quantitative estimate of drug-likeness (QED) is 0.752. The maximum absolute atomic E-state index is 13.7. The van der Waals surface area contributed by atoms with Crippen LogP contribution in [0.4, 0.5) is 14.5 Å². The predicted octanol–water partition coefficient (Wildman–Crippen LogP) is 4.63. The number of furan rings is 1. The van der Waals surface area contributed by atoms with Gasteiger partial charge in [0.1, 0.15) is 17.2 Å². The molecule has 0 spiro atoms. The monoisotopic (exact) mass is 273 g/mol. The molecular formula is C16H13F2NO. The van der Waals surface area contributed by atoms with Crippen LogP contribution in [0.2, 0.25) is 0 Å². The fourth-order valence-electron chi connectivity index (χ4n) is 2.14. The highest BCUT2D eigenvalue weighted by molar-refractivity contribution is 5.81. The molecule has 3 rings (SSSR count). The van der Waals surface area contributed by atoms with Crippen LogP contribution in [0, 0.1) is 18.6 Å². The minimum atomic E-state index is -0.461. The number of benzene rings is 2. The van der Waals surface area contributed by atoms with Gasteiger partial charge in [-0.3, -0.25) is 0 Å². The van der Waals surface area contributed by atoms with Crippen LogP contribution in [0.5, 0.6) is 0 Å². The Labute approximate surface area is 115 Å². The lowest BCUT2D eigenvalue weighted by Gasteiger charge is -2.08. The maximum atomic E-state index is 13.7. The van der Waals surface area contributed by atoms with Crippen LogP contribution in [-0.4, -0.2) is 0 Å². The molecule has 0 radical (unpaired) electrons. The molecule has 0 amide bonds. The zero-order valence-electron chi connectivity index (χ0n) is 10.9. The number of para-hydroxylation sites is 1. The number of hydrogen-bond donors (Lipinski definition) is 1. The van der Waals surface area contributed by atoms with Gasteiger partial charge >= 0.3 is 0 Å². The number of anilines is 1. The lowest BCUT2D eigenvalue weighted by molar-refractivity contribution is 0.594. The van der Waals surface area contributed by atoms with Crippen molar-refractivity contribution >= 4 is 16.7 Å². The van der Waals surface area contributed by atoms with Gasteiger partial charge in [-0.15, -0.1) is 0 Å². The van der Waals surface area contributed by atoms with Crippen molar-refractivity contribution in [3.05, 3.63) is 65.4 Å². The van der Waals surface area contributed by atoms with Crippen LogP contribution in [0.25, 0.3) is 11.0 Å². The third-order valence-corrected chi connectivity index (χ3v) is 3.28. The maximum Gasteiger partial charge on any atom is 0.146 e. The Kier molecular flexibility index (Phi) is 3.14. The summed E-state index contributed by atoms with van der Waals surface area (Å²) in [5.41, 5.74) is 2.13. The molecule has 1 heterocycles. The van der Waals surface area contributed by atoms with E-state index in [1.807, 2.05) is 24.3 Å². The minimum absolute atomic E-state index is 0.151. The Balaban J connectivity index is 1.85. The molecule has 4 heteroatoms. The van der Waals surface area contributed by atoms with Crippen LogP contribution >= 0.6 is 0 Å². The van der Waals surface area contributed by atoms with Crippen LogP contribution in [-0.2, 0) is 6.54 Å². The van der Waals surface area contributed by atoms with Gasteiger partial charge in [0.25, 0.3) is 0 Å². The smallest absolute Gasteiger partial charge is 0.146 e. The van der Waals surface area contributed by atoms with E-state index in [1.54, 1.807) is 6.26 Å². The summed E-state index contributed by atoms with van der Waals surface area (Å²) in [6.07, 6.45) is 1.63. The van der Waals surface area contributed by atoms with Crippen molar-refractivity contribution in [1.29, 1.82) is 0 Å². The van der Waals surface area contributed by atoms with Gasteiger partial charge in [-0.2, -0.15) is 0 Å². The first-order chi connectivity index (χ1) is 9.65. The topological polar surface area (TPSA) is 25.2 Å². The summed E-state index contributed by atoms with van der Waals surface area (Å²) in [7, 11) is 0. The highest BCUT2D eigenvalue weighted by Crippen LogP contribution is 2.23. The molecule has 0 atom stereocenters. The van der Waals surface area contributed by atoms with Crippen molar-refractivity contribution in [3.8, 4) is 0 Å². The third kappa shape index (κ3) is 2.25. The molecule has 0 aliphatic heterocycles. The summed E-state index contributed by atoms with van der Waals surface area (Å²) in [5, 5.41) is 3.87. The molecule has 102 valence electrons. The summed E-state index contributed by atoms with van der Waals surface area (Å²) >= 11 is 0. The van der Waals surface area contributed by atoms with E-state index < -0.39 is 11.6 Å². The molecular weight excluding hydrogens is 260 g/mol. The second-order valence-corrected chi connectivity index (χ2v) is 4.69. The van der Waals surface area contributed by atoms with E-state index in [0.29, 0.717) is 12.1 Å². The number of fused-ring (bicyclic) bond motifs is 1. The number of nitrogens with one attached hydrogen (secondary N) is 1. The Morgan fingerprint density at radius 2 is 1.90 bits per heavy atom. The molecule has 2 nitrogen and oxygen atoms in total. The van der Waals surface area contributed by atoms with Gasteiger partial charge in [-0.05, 0) is 24.6 Å². The molecule has 1 aromatic heterocycles. The van der Waals surface area contributed by atoms with Crippen LogP contribution in [0.3, 0.4) is 0 Å². The van der Waals surface area contributed by atoms with Gasteiger partial charge < -0.3 is 9.73 Å². The average Bonchev–Trinajstić information content (AvgIpc) is 2.85. The molecule has 0 fully saturated rings. The molecule has 1 N–H and O–H groups in total. The van der Waals surface area contributed by atoms with Crippen LogP contribution in [0.1, 0.15) is 11.1 Å². The highest BCUT2D eigenvalue weighted by Gasteiger charge is 2.09. The van der Waals surface area contributed by atoms with Crippen molar-refractivity contribution in [1.82, 2.24) is 0 Å². The molecule has 0 saturated heterocycles. The fourth-order valence-corrected chi connectivity index (χ4v) is 2.14. The van der Waals surface area contributed by atoms with Crippen molar-refractivity contribution in [2.45, 2.75) is 13.5 Å². The van der Waals surface area contributed by atoms with Gasteiger partial charge in [0.15, 0.2) is 0 Å². The third-order valence-electron chi connectivity index (χ3n) is 3.28. The van der Waals surface area contributed by atoms with E-state index in [4.69, 9.17) is 4.42 Å². The first-order valence-corrected chi connectivity index (χ1v) is 6.30. The Hall–Kier alpha value is -2.36. The molecule has 0 aliphatic carbocycles. The van der Waals surface area contributed by atoms with E-state index in [9.17, 15) is 8.78 Å². The van der Waals surface area contributed by atoms with Gasteiger partial charge in [0.2, 0.25) is 0 Å². The Morgan fingerprint density at radius 3 is 2.75 bits per heavy atom. The zero-order chi connectivity index (χ0) is 14.1. The van der Waals surface area contributed by atoms with E-state index in [2.05, 4.69) is 5.32 Å². The normalized spacial score (nSPS) is 10.9. The van der Waals surface area contributed by atoms with Crippen molar-refractivity contribution in [2.75, 3.05) is 5.32 Å². The van der Waals surface area contributed by atoms with Crippen molar-refractivity contribution < 1.29 is 13.2 Å². The lowest BCUT2D eigenvalue weighted by Crippen LogP contribution is -2.02. The first kappa shape index (κ1) is 12.7. The number of halogens is 2. The van der Waals surface area contributed by atoms with Gasteiger partial charge in [0, 0.05) is 23.6 Å². The van der Waals surface area contributed by atoms with Crippen LogP contribution in [0.15, 0.2) is 47.1 Å². The molecule has 0 saturated carbocycles. The van der Waals surface area contributed by atoms with E-state index in [0.717, 1.165) is 16.5 Å². The summed E-state index contributed by atoms with van der Waals surface area (Å²) in [5.74, 6) is -0.886. The van der Waals surface area contributed by atoms with Gasteiger partial charge in [0.05, 0.1) is 12.0 Å². The summed E-state index contributed by atoms with van der Waals surface area (Å²) in [6, 6.07) is 9.95. The van der Waals surface area contributed by atoms with Gasteiger partial charge in [-0.25, -0.2) is 8.78 Å². The molecule has 0 unspecified atom stereocenters. The molecule has 2 aromatic carbocycles.